The maximum Gasteiger partial charge on any atom is 0.0540 e. The summed E-state index contributed by atoms with van der Waals surface area (Å²) in [6.45, 7) is 2.31. The van der Waals surface area contributed by atoms with Crippen LogP contribution in [0.5, 0.6) is 0 Å². The molecule has 0 bridgehead atoms. The molecule has 0 amide bonds. The van der Waals surface area contributed by atoms with Gasteiger partial charge >= 0.3 is 0 Å². The van der Waals surface area contributed by atoms with Gasteiger partial charge in [-0.15, -0.1) is 0 Å². The number of thioether (sulfide) groups is 1. The molecule has 0 aromatic carbocycles. The summed E-state index contributed by atoms with van der Waals surface area (Å²) in [7, 11) is 0. The van der Waals surface area contributed by atoms with E-state index in [1.165, 1.54) is 18.6 Å². The van der Waals surface area contributed by atoms with Crippen LogP contribution in [0.15, 0.2) is 24.5 Å². The Morgan fingerprint density at radius 1 is 1.38 bits per heavy atom. The minimum absolute atomic E-state index is 0.631. The molecule has 2 rings (SSSR count). The van der Waals surface area contributed by atoms with E-state index in [4.69, 9.17) is 0 Å². The molecule has 13 heavy (non-hydrogen) atoms. The summed E-state index contributed by atoms with van der Waals surface area (Å²) >= 11 is 2.07. The fourth-order valence-electron chi connectivity index (χ4n) is 1.70. The molecule has 3 heteroatoms. The van der Waals surface area contributed by atoms with E-state index in [1.807, 2.05) is 12.1 Å². The molecule has 2 nitrogen and oxygen atoms in total. The molecule has 0 radical (unpaired) electrons. The average molecular weight is 196 g/mol. The van der Waals surface area contributed by atoms with Crippen molar-refractivity contribution in [3.05, 3.63) is 24.5 Å². The quantitative estimate of drug-likeness (QED) is 0.782. The Kier molecular flexibility index (Phi) is 2.83. The minimum atomic E-state index is 0.631. The zero-order valence-corrected chi connectivity index (χ0v) is 8.76. The lowest BCUT2D eigenvalue weighted by atomic mass is 10.1. The van der Waals surface area contributed by atoms with E-state index in [0.717, 1.165) is 5.25 Å². The van der Waals surface area contributed by atoms with E-state index in [9.17, 15) is 0 Å². The van der Waals surface area contributed by atoms with Gasteiger partial charge in [0.25, 0.3) is 0 Å². The SMILES string of the molecule is CC1SCCCC1Nn1cccc1. The molecule has 2 atom stereocenters. The first kappa shape index (κ1) is 9.00. The van der Waals surface area contributed by atoms with Crippen LogP contribution in [0.25, 0.3) is 0 Å². The monoisotopic (exact) mass is 196 g/mol. The predicted octanol–water partition coefficient (Wildman–Crippen LogP) is 2.32. The van der Waals surface area contributed by atoms with Gasteiger partial charge in [0.05, 0.1) is 6.04 Å². The molecule has 1 fully saturated rings. The van der Waals surface area contributed by atoms with Crippen LogP contribution in [0.2, 0.25) is 0 Å². The van der Waals surface area contributed by atoms with Gasteiger partial charge in [-0.1, -0.05) is 6.92 Å². The number of nitrogens with zero attached hydrogens (tertiary/aromatic N) is 1. The van der Waals surface area contributed by atoms with Crippen molar-refractivity contribution in [2.45, 2.75) is 31.1 Å². The molecule has 1 saturated heterocycles. The molecular weight excluding hydrogens is 180 g/mol. The largest absolute Gasteiger partial charge is 0.322 e. The lowest BCUT2D eigenvalue weighted by molar-refractivity contribution is 0.565. The standard InChI is InChI=1S/C10H16N2S/c1-9-10(5-4-8-13-9)11-12-6-2-3-7-12/h2-3,6-7,9-11H,4-5,8H2,1H3. The van der Waals surface area contributed by atoms with Crippen molar-refractivity contribution in [3.63, 3.8) is 0 Å². The van der Waals surface area contributed by atoms with Crippen molar-refractivity contribution in [2.75, 3.05) is 11.2 Å². The number of hydrogen-bond donors (Lipinski definition) is 1. The highest BCUT2D eigenvalue weighted by molar-refractivity contribution is 7.99. The van der Waals surface area contributed by atoms with Crippen molar-refractivity contribution in [2.24, 2.45) is 0 Å². The maximum absolute atomic E-state index is 3.51. The summed E-state index contributed by atoms with van der Waals surface area (Å²) in [5.74, 6) is 1.32. The van der Waals surface area contributed by atoms with E-state index < -0.39 is 0 Å². The van der Waals surface area contributed by atoms with E-state index in [0.29, 0.717) is 6.04 Å². The van der Waals surface area contributed by atoms with Crippen molar-refractivity contribution in [1.82, 2.24) is 4.68 Å². The van der Waals surface area contributed by atoms with Gasteiger partial charge in [0, 0.05) is 17.6 Å². The summed E-state index contributed by atoms with van der Waals surface area (Å²) < 4.78 is 2.06. The average Bonchev–Trinajstić information content (AvgIpc) is 2.61. The Balaban J connectivity index is 1.93. The molecule has 1 aromatic rings. The van der Waals surface area contributed by atoms with E-state index in [1.54, 1.807) is 0 Å². The van der Waals surface area contributed by atoms with Crippen LogP contribution in [-0.4, -0.2) is 21.7 Å². The second kappa shape index (κ2) is 4.09. The van der Waals surface area contributed by atoms with Crippen molar-refractivity contribution >= 4 is 11.8 Å². The Bertz CT molecular complexity index is 245. The van der Waals surface area contributed by atoms with Gasteiger partial charge < -0.3 is 5.43 Å². The fraction of sp³-hybridized carbons (Fsp3) is 0.600. The first-order valence-electron chi connectivity index (χ1n) is 4.87. The summed E-state index contributed by atoms with van der Waals surface area (Å²) in [4.78, 5) is 0. The van der Waals surface area contributed by atoms with Crippen LogP contribution in [-0.2, 0) is 0 Å². The molecule has 1 aromatic heterocycles. The van der Waals surface area contributed by atoms with Crippen LogP contribution in [0.3, 0.4) is 0 Å². The van der Waals surface area contributed by atoms with E-state index >= 15 is 0 Å². The third-order valence-electron chi connectivity index (χ3n) is 2.53. The number of nitrogens with one attached hydrogen (secondary N) is 1. The van der Waals surface area contributed by atoms with Crippen LogP contribution in [0.4, 0.5) is 0 Å². The van der Waals surface area contributed by atoms with Crippen LogP contribution in [0, 0.1) is 0 Å². The lowest BCUT2D eigenvalue weighted by Gasteiger charge is -2.30. The third kappa shape index (κ3) is 2.21. The molecular formula is C10H16N2S. The topological polar surface area (TPSA) is 17.0 Å². The van der Waals surface area contributed by atoms with Gasteiger partial charge in [0.15, 0.2) is 0 Å². The van der Waals surface area contributed by atoms with E-state index in [2.05, 4.69) is 41.2 Å². The van der Waals surface area contributed by atoms with Gasteiger partial charge in [-0.3, -0.25) is 4.68 Å². The molecule has 0 saturated carbocycles. The zero-order chi connectivity index (χ0) is 9.10. The Labute approximate surface area is 83.7 Å². The number of rotatable bonds is 2. The second-order valence-electron chi connectivity index (χ2n) is 3.54. The molecule has 2 heterocycles. The highest BCUT2D eigenvalue weighted by Crippen LogP contribution is 2.25. The predicted molar refractivity (Wildman–Crippen MR) is 58.7 cm³/mol. The second-order valence-corrected chi connectivity index (χ2v) is 5.03. The summed E-state index contributed by atoms with van der Waals surface area (Å²) in [6.07, 6.45) is 6.76. The van der Waals surface area contributed by atoms with Crippen LogP contribution in [0.1, 0.15) is 19.8 Å². The fourth-order valence-corrected chi connectivity index (χ4v) is 2.84. The van der Waals surface area contributed by atoms with Gasteiger partial charge in [0.1, 0.15) is 0 Å². The molecule has 0 aliphatic carbocycles. The Morgan fingerprint density at radius 3 is 2.85 bits per heavy atom. The number of aromatic nitrogens is 1. The minimum Gasteiger partial charge on any atom is -0.322 e. The van der Waals surface area contributed by atoms with E-state index in [-0.39, 0.29) is 0 Å². The smallest absolute Gasteiger partial charge is 0.0540 e. The van der Waals surface area contributed by atoms with Crippen molar-refractivity contribution < 1.29 is 0 Å². The maximum atomic E-state index is 3.51. The molecule has 1 N–H and O–H groups in total. The van der Waals surface area contributed by atoms with Crippen molar-refractivity contribution in [1.29, 1.82) is 0 Å². The third-order valence-corrected chi connectivity index (χ3v) is 3.90. The first-order valence-corrected chi connectivity index (χ1v) is 5.92. The molecule has 2 unspecified atom stereocenters. The summed E-state index contributed by atoms with van der Waals surface area (Å²) in [6, 6.07) is 4.73. The summed E-state index contributed by atoms with van der Waals surface area (Å²) in [5.41, 5.74) is 3.51. The Morgan fingerprint density at radius 2 is 2.15 bits per heavy atom. The molecule has 0 spiro atoms. The van der Waals surface area contributed by atoms with Gasteiger partial charge in [-0.05, 0) is 30.7 Å². The molecule has 72 valence electrons. The normalized spacial score (nSPS) is 28.7. The van der Waals surface area contributed by atoms with Crippen molar-refractivity contribution in [3.8, 4) is 0 Å². The first-order chi connectivity index (χ1) is 6.36. The number of hydrogen-bond acceptors (Lipinski definition) is 2. The highest BCUT2D eigenvalue weighted by atomic mass is 32.2. The molecule has 1 aliphatic rings. The zero-order valence-electron chi connectivity index (χ0n) is 7.94. The van der Waals surface area contributed by atoms with Gasteiger partial charge in [-0.25, -0.2) is 0 Å². The Hall–Kier alpha value is -0.570. The van der Waals surface area contributed by atoms with Gasteiger partial charge in [0.2, 0.25) is 0 Å². The summed E-state index contributed by atoms with van der Waals surface area (Å²) in [5, 5.41) is 0.733. The molecule has 1 aliphatic heterocycles. The lowest BCUT2D eigenvalue weighted by Crippen LogP contribution is -2.37. The van der Waals surface area contributed by atoms with Crippen LogP contribution < -0.4 is 5.43 Å². The van der Waals surface area contributed by atoms with Gasteiger partial charge in [-0.2, -0.15) is 11.8 Å². The van der Waals surface area contributed by atoms with Crippen LogP contribution >= 0.6 is 11.8 Å². The highest BCUT2D eigenvalue weighted by Gasteiger charge is 2.21.